The third-order valence-electron chi connectivity index (χ3n) is 3.87. The highest BCUT2D eigenvalue weighted by molar-refractivity contribution is 5.38. The normalized spacial score (nSPS) is 25.5. The molecular weight excluding hydrogens is 210 g/mol. The average molecular weight is 233 g/mol. The Morgan fingerprint density at radius 3 is 2.29 bits per heavy atom. The molecule has 17 heavy (non-hydrogen) atoms. The molecule has 2 rings (SSSR count). The van der Waals surface area contributed by atoms with E-state index in [0.29, 0.717) is 0 Å². The first-order valence-corrected chi connectivity index (χ1v) is 6.37. The first kappa shape index (κ1) is 12.6. The Hall–Kier alpha value is -0.860. The van der Waals surface area contributed by atoms with E-state index in [1.54, 1.807) is 0 Å². The summed E-state index contributed by atoms with van der Waals surface area (Å²) in [5.41, 5.74) is 4.73. The summed E-state index contributed by atoms with van der Waals surface area (Å²) in [5, 5.41) is 10.6. The van der Waals surface area contributed by atoms with E-state index >= 15 is 0 Å². The molecule has 0 aromatic heterocycles. The topological polar surface area (TPSA) is 23.5 Å². The van der Waals surface area contributed by atoms with Crippen LogP contribution in [0.4, 0.5) is 0 Å². The second-order valence-electron chi connectivity index (χ2n) is 5.77. The van der Waals surface area contributed by atoms with Crippen LogP contribution in [0.1, 0.15) is 28.7 Å². The number of likely N-dealkylation sites (tertiary alicyclic amines) is 1. The molecule has 2 nitrogen and oxygen atoms in total. The molecular formula is C15H23NO. The van der Waals surface area contributed by atoms with Crippen LogP contribution >= 0.6 is 0 Å². The number of hydrogen-bond donors (Lipinski definition) is 1. The lowest BCUT2D eigenvalue weighted by molar-refractivity contribution is 0.0520. The van der Waals surface area contributed by atoms with Crippen LogP contribution in [0.3, 0.4) is 0 Å². The van der Waals surface area contributed by atoms with Crippen molar-refractivity contribution >= 4 is 0 Å². The highest BCUT2D eigenvalue weighted by Crippen LogP contribution is 2.28. The van der Waals surface area contributed by atoms with Crippen molar-refractivity contribution in [3.63, 3.8) is 0 Å². The minimum atomic E-state index is -0.528. The maximum absolute atomic E-state index is 10.6. The van der Waals surface area contributed by atoms with Gasteiger partial charge < -0.3 is 10.0 Å². The molecule has 1 heterocycles. The number of likely N-dealkylation sites (N-methyl/N-ethyl adjacent to an activating group) is 1. The van der Waals surface area contributed by atoms with E-state index in [4.69, 9.17) is 0 Å². The van der Waals surface area contributed by atoms with Gasteiger partial charge in [-0.25, -0.2) is 0 Å². The van der Waals surface area contributed by atoms with E-state index in [9.17, 15) is 5.11 Å². The maximum atomic E-state index is 10.6. The predicted molar refractivity (Wildman–Crippen MR) is 71.4 cm³/mol. The average Bonchev–Trinajstić information content (AvgIpc) is 2.53. The predicted octanol–water partition coefficient (Wildman–Crippen LogP) is 2.22. The molecule has 1 fully saturated rings. The molecule has 0 radical (unpaired) electrons. The summed E-state index contributed by atoms with van der Waals surface area (Å²) in [6.07, 6.45) is 1.67. The van der Waals surface area contributed by atoms with Crippen molar-refractivity contribution < 1.29 is 5.11 Å². The zero-order chi connectivity index (χ0) is 12.6. The van der Waals surface area contributed by atoms with Gasteiger partial charge in [0.05, 0.1) is 5.60 Å². The van der Waals surface area contributed by atoms with Crippen molar-refractivity contribution in [2.45, 2.75) is 39.2 Å². The van der Waals surface area contributed by atoms with Gasteiger partial charge in [0.1, 0.15) is 0 Å². The molecule has 1 aliphatic rings. The zero-order valence-electron chi connectivity index (χ0n) is 11.4. The molecule has 0 amide bonds. The Labute approximate surface area is 104 Å². The van der Waals surface area contributed by atoms with Crippen molar-refractivity contribution in [1.82, 2.24) is 4.90 Å². The van der Waals surface area contributed by atoms with E-state index in [-0.39, 0.29) is 0 Å². The molecule has 0 saturated carbocycles. The molecule has 1 aliphatic heterocycles. The van der Waals surface area contributed by atoms with E-state index in [1.165, 1.54) is 22.3 Å². The van der Waals surface area contributed by atoms with Gasteiger partial charge >= 0.3 is 0 Å². The minimum absolute atomic E-state index is 0.528. The molecule has 1 unspecified atom stereocenters. The quantitative estimate of drug-likeness (QED) is 0.846. The van der Waals surface area contributed by atoms with E-state index in [0.717, 1.165) is 25.9 Å². The summed E-state index contributed by atoms with van der Waals surface area (Å²) in [6.45, 7) is 8.22. The minimum Gasteiger partial charge on any atom is -0.388 e. The lowest BCUT2D eigenvalue weighted by Gasteiger charge is -2.24. The second-order valence-corrected chi connectivity index (χ2v) is 5.77. The van der Waals surface area contributed by atoms with Gasteiger partial charge in [0.25, 0.3) is 0 Å². The van der Waals surface area contributed by atoms with E-state index in [1.807, 2.05) is 0 Å². The molecule has 1 aromatic rings. The van der Waals surface area contributed by atoms with Crippen LogP contribution in [0.5, 0.6) is 0 Å². The van der Waals surface area contributed by atoms with E-state index < -0.39 is 5.60 Å². The van der Waals surface area contributed by atoms with Crippen molar-refractivity contribution in [3.05, 3.63) is 34.4 Å². The summed E-state index contributed by atoms with van der Waals surface area (Å²) in [6, 6.07) is 4.43. The zero-order valence-corrected chi connectivity index (χ0v) is 11.4. The van der Waals surface area contributed by atoms with Gasteiger partial charge in [0, 0.05) is 19.5 Å². The van der Waals surface area contributed by atoms with Gasteiger partial charge in [-0.15, -0.1) is 0 Å². The Morgan fingerprint density at radius 2 is 1.82 bits per heavy atom. The summed E-state index contributed by atoms with van der Waals surface area (Å²) in [7, 11) is 2.08. The van der Waals surface area contributed by atoms with Crippen LogP contribution in [0, 0.1) is 20.8 Å². The number of nitrogens with zero attached hydrogens (tertiary/aromatic N) is 1. The monoisotopic (exact) mass is 233 g/mol. The Balaban J connectivity index is 2.24. The highest BCUT2D eigenvalue weighted by Gasteiger charge is 2.35. The van der Waals surface area contributed by atoms with Gasteiger partial charge in [-0.1, -0.05) is 17.7 Å². The van der Waals surface area contributed by atoms with Gasteiger partial charge in [0.2, 0.25) is 0 Å². The Bertz CT molecular complexity index is 404. The van der Waals surface area contributed by atoms with Gasteiger partial charge in [-0.2, -0.15) is 0 Å². The number of aryl methyl sites for hydroxylation is 3. The van der Waals surface area contributed by atoms with Crippen molar-refractivity contribution in [1.29, 1.82) is 0 Å². The summed E-state index contributed by atoms with van der Waals surface area (Å²) in [5.74, 6) is 0. The molecule has 1 N–H and O–H groups in total. The standard InChI is InChI=1S/C15H23NO/c1-11-7-12(2)14(13(3)8-11)9-15(17)5-6-16(4)10-15/h7-8,17H,5-6,9-10H2,1-4H3. The van der Waals surface area contributed by atoms with Crippen LogP contribution in [0.25, 0.3) is 0 Å². The Kier molecular flexibility index (Phi) is 3.28. The molecule has 1 atom stereocenters. The third-order valence-corrected chi connectivity index (χ3v) is 3.87. The van der Waals surface area contributed by atoms with Gasteiger partial charge in [0.15, 0.2) is 0 Å². The summed E-state index contributed by atoms with van der Waals surface area (Å²) >= 11 is 0. The van der Waals surface area contributed by atoms with Gasteiger partial charge in [-0.3, -0.25) is 0 Å². The van der Waals surface area contributed by atoms with Crippen LogP contribution in [0.2, 0.25) is 0 Å². The fourth-order valence-corrected chi connectivity index (χ4v) is 3.02. The molecule has 1 aromatic carbocycles. The summed E-state index contributed by atoms with van der Waals surface area (Å²) in [4.78, 5) is 2.21. The highest BCUT2D eigenvalue weighted by atomic mass is 16.3. The number of aliphatic hydroxyl groups is 1. The van der Waals surface area contributed by atoms with Crippen molar-refractivity contribution in [3.8, 4) is 0 Å². The SMILES string of the molecule is Cc1cc(C)c(CC2(O)CCN(C)C2)c(C)c1. The molecule has 0 spiro atoms. The third kappa shape index (κ3) is 2.70. The van der Waals surface area contributed by atoms with Crippen molar-refractivity contribution in [2.75, 3.05) is 20.1 Å². The number of β-amino-alcohol motifs (C(OH)–C–C–N with tert-alkyl or cyclic N) is 1. The number of benzene rings is 1. The second kappa shape index (κ2) is 4.43. The fraction of sp³-hybridized carbons (Fsp3) is 0.600. The molecule has 0 bridgehead atoms. The van der Waals surface area contributed by atoms with Crippen molar-refractivity contribution in [2.24, 2.45) is 0 Å². The Morgan fingerprint density at radius 1 is 1.24 bits per heavy atom. The smallest absolute Gasteiger partial charge is 0.0826 e. The lowest BCUT2D eigenvalue weighted by atomic mass is 9.88. The van der Waals surface area contributed by atoms with Gasteiger partial charge in [-0.05, 0) is 50.9 Å². The molecule has 1 saturated heterocycles. The van der Waals surface area contributed by atoms with Crippen LogP contribution in [-0.2, 0) is 6.42 Å². The molecule has 2 heteroatoms. The molecule has 0 aliphatic carbocycles. The largest absolute Gasteiger partial charge is 0.388 e. The lowest BCUT2D eigenvalue weighted by Crippen LogP contribution is -2.34. The fourth-order valence-electron chi connectivity index (χ4n) is 3.02. The van der Waals surface area contributed by atoms with Crippen LogP contribution < -0.4 is 0 Å². The first-order valence-electron chi connectivity index (χ1n) is 6.37. The summed E-state index contributed by atoms with van der Waals surface area (Å²) < 4.78 is 0. The maximum Gasteiger partial charge on any atom is 0.0826 e. The number of rotatable bonds is 2. The van der Waals surface area contributed by atoms with E-state index in [2.05, 4.69) is 44.9 Å². The van der Waals surface area contributed by atoms with Crippen LogP contribution in [-0.4, -0.2) is 35.7 Å². The number of hydrogen-bond acceptors (Lipinski definition) is 2. The molecule has 94 valence electrons. The van der Waals surface area contributed by atoms with Crippen LogP contribution in [0.15, 0.2) is 12.1 Å². The first-order chi connectivity index (χ1) is 7.89.